The molecule has 0 bridgehead atoms. The van der Waals surface area contributed by atoms with Crippen molar-refractivity contribution < 1.29 is 5.11 Å². The molecular weight excluding hydrogens is 364 g/mol. The fourth-order valence-corrected chi connectivity index (χ4v) is 7.65. The maximum absolute atomic E-state index is 10.2. The van der Waals surface area contributed by atoms with Gasteiger partial charge < -0.3 is 5.11 Å². The van der Waals surface area contributed by atoms with Gasteiger partial charge in [0.15, 0.2) is 0 Å². The van der Waals surface area contributed by atoms with Crippen molar-refractivity contribution in [1.82, 2.24) is 0 Å². The minimum absolute atomic E-state index is 0.118. The van der Waals surface area contributed by atoms with Crippen molar-refractivity contribution in [2.24, 2.45) is 45.8 Å². The van der Waals surface area contributed by atoms with Crippen molar-refractivity contribution >= 4 is 0 Å². The highest BCUT2D eigenvalue weighted by molar-refractivity contribution is 5.39. The second-order valence-corrected chi connectivity index (χ2v) is 12.9. The Labute approximate surface area is 186 Å². The minimum Gasteiger partial charge on any atom is -0.393 e. The summed E-state index contributed by atoms with van der Waals surface area (Å²) in [7, 11) is 0. The Balaban J connectivity index is 1.56. The van der Waals surface area contributed by atoms with E-state index < -0.39 is 0 Å². The zero-order valence-corrected chi connectivity index (χ0v) is 20.7. The number of allylic oxidation sites excluding steroid dienone is 5. The monoisotopic (exact) mass is 410 g/mol. The summed E-state index contributed by atoms with van der Waals surface area (Å²) in [4.78, 5) is 0. The van der Waals surface area contributed by atoms with Crippen LogP contribution in [0.1, 0.15) is 93.4 Å². The first-order valence-corrected chi connectivity index (χ1v) is 12.7. The molecule has 30 heavy (non-hydrogen) atoms. The van der Waals surface area contributed by atoms with E-state index in [1.165, 1.54) is 37.7 Å². The third-order valence-electron chi connectivity index (χ3n) is 10.3. The molecule has 1 nitrogen and oxygen atoms in total. The summed E-state index contributed by atoms with van der Waals surface area (Å²) in [6.07, 6.45) is 18.4. The Kier molecular flexibility index (Phi) is 5.70. The van der Waals surface area contributed by atoms with Crippen LogP contribution >= 0.6 is 0 Å². The molecule has 4 aliphatic carbocycles. The Bertz CT molecular complexity index is 749. The lowest BCUT2D eigenvalue weighted by Gasteiger charge is -2.55. The molecule has 168 valence electrons. The van der Waals surface area contributed by atoms with Gasteiger partial charge in [0.1, 0.15) is 0 Å². The summed E-state index contributed by atoms with van der Waals surface area (Å²) >= 11 is 0. The summed E-state index contributed by atoms with van der Waals surface area (Å²) in [5.41, 5.74) is 4.40. The second kappa shape index (κ2) is 7.65. The molecule has 0 spiro atoms. The van der Waals surface area contributed by atoms with E-state index in [2.05, 4.69) is 72.8 Å². The van der Waals surface area contributed by atoms with Crippen LogP contribution in [0.3, 0.4) is 0 Å². The lowest BCUT2D eigenvalue weighted by atomic mass is 9.50. The van der Waals surface area contributed by atoms with Crippen LogP contribution in [0.25, 0.3) is 0 Å². The second-order valence-electron chi connectivity index (χ2n) is 12.9. The van der Waals surface area contributed by atoms with E-state index in [9.17, 15) is 5.11 Å². The van der Waals surface area contributed by atoms with Crippen LogP contribution < -0.4 is 0 Å². The zero-order valence-electron chi connectivity index (χ0n) is 20.7. The lowest BCUT2D eigenvalue weighted by Crippen LogP contribution is -2.46. The average molecular weight is 411 g/mol. The summed E-state index contributed by atoms with van der Waals surface area (Å²) in [6.45, 7) is 17.0. The zero-order chi connectivity index (χ0) is 21.9. The number of aliphatic hydroxyl groups is 1. The molecule has 0 aromatic heterocycles. The molecule has 0 aliphatic heterocycles. The molecule has 8 atom stereocenters. The quantitative estimate of drug-likeness (QED) is 0.472. The van der Waals surface area contributed by atoms with Gasteiger partial charge in [-0.1, -0.05) is 83.9 Å². The highest BCUT2D eigenvalue weighted by atomic mass is 16.3. The van der Waals surface area contributed by atoms with Gasteiger partial charge >= 0.3 is 0 Å². The Hall–Kier alpha value is -0.820. The Morgan fingerprint density at radius 2 is 1.70 bits per heavy atom. The van der Waals surface area contributed by atoms with Crippen molar-refractivity contribution in [2.75, 3.05) is 0 Å². The third-order valence-corrected chi connectivity index (χ3v) is 10.3. The molecule has 1 N–H and O–H groups in total. The largest absolute Gasteiger partial charge is 0.393 e. The number of rotatable bonds is 3. The molecule has 0 saturated heterocycles. The fraction of sp³-hybridized carbons (Fsp3) is 0.793. The van der Waals surface area contributed by atoms with E-state index in [0.29, 0.717) is 34.0 Å². The average Bonchev–Trinajstić information content (AvgIpc) is 3.03. The molecule has 0 heterocycles. The van der Waals surface area contributed by atoms with E-state index in [4.69, 9.17) is 0 Å². The third kappa shape index (κ3) is 3.58. The van der Waals surface area contributed by atoms with E-state index >= 15 is 0 Å². The van der Waals surface area contributed by atoms with Crippen LogP contribution in [-0.2, 0) is 0 Å². The number of hydrogen-bond donors (Lipinski definition) is 1. The Morgan fingerprint density at radius 1 is 0.967 bits per heavy atom. The van der Waals surface area contributed by atoms with Gasteiger partial charge in [0.25, 0.3) is 0 Å². The topological polar surface area (TPSA) is 20.2 Å². The van der Waals surface area contributed by atoms with Crippen LogP contribution in [0, 0.1) is 45.8 Å². The van der Waals surface area contributed by atoms with Gasteiger partial charge in [0.2, 0.25) is 0 Å². The summed E-state index contributed by atoms with van der Waals surface area (Å²) in [5, 5.41) is 10.2. The maximum atomic E-state index is 10.2. The van der Waals surface area contributed by atoms with Crippen LogP contribution in [0.15, 0.2) is 35.5 Å². The first kappa shape index (κ1) is 22.4. The predicted molar refractivity (Wildman–Crippen MR) is 128 cm³/mol. The summed E-state index contributed by atoms with van der Waals surface area (Å²) in [5.74, 6) is 3.57. The van der Waals surface area contributed by atoms with Crippen molar-refractivity contribution in [3.63, 3.8) is 0 Å². The summed E-state index contributed by atoms with van der Waals surface area (Å²) in [6, 6.07) is 0. The molecule has 0 amide bonds. The van der Waals surface area contributed by atoms with Crippen molar-refractivity contribution in [1.29, 1.82) is 0 Å². The molecule has 3 saturated carbocycles. The first-order valence-electron chi connectivity index (χ1n) is 12.7. The van der Waals surface area contributed by atoms with Crippen molar-refractivity contribution in [3.8, 4) is 0 Å². The van der Waals surface area contributed by atoms with Crippen LogP contribution in [-0.4, -0.2) is 11.2 Å². The van der Waals surface area contributed by atoms with Crippen LogP contribution in [0.5, 0.6) is 0 Å². The van der Waals surface area contributed by atoms with Gasteiger partial charge in [-0.05, 0) is 90.8 Å². The van der Waals surface area contributed by atoms with Gasteiger partial charge in [0.05, 0.1) is 6.10 Å². The molecule has 1 heteroatoms. The Morgan fingerprint density at radius 3 is 2.40 bits per heavy atom. The number of fused-ring (bicyclic) bond motifs is 5. The SMILES string of the molecule is CC(C=CC(C)C(C)(C)C)C1CCC2C3=CC=C4CC(O)CCC4(C)C3CCC21C. The standard InChI is InChI=1S/C29H46O/c1-19(8-9-20(2)27(3,4)5)24-12-13-25-23-11-10-21-18-22(30)14-16-28(21,6)26(23)15-17-29(24,25)7/h8-11,19-20,22,24-26,30H,12-18H2,1-7H3. The molecule has 4 aliphatic rings. The first-order chi connectivity index (χ1) is 14.0. The molecule has 0 radical (unpaired) electrons. The number of hydrogen-bond acceptors (Lipinski definition) is 1. The predicted octanol–water partition coefficient (Wildman–Crippen LogP) is 7.72. The van der Waals surface area contributed by atoms with E-state index in [-0.39, 0.29) is 6.10 Å². The molecular formula is C29H46O. The minimum atomic E-state index is -0.118. The van der Waals surface area contributed by atoms with Crippen molar-refractivity contribution in [3.05, 3.63) is 35.5 Å². The van der Waals surface area contributed by atoms with Crippen LogP contribution in [0.4, 0.5) is 0 Å². The molecule has 4 rings (SSSR count). The number of aliphatic hydroxyl groups excluding tert-OH is 1. The highest BCUT2D eigenvalue weighted by Crippen LogP contribution is 2.66. The van der Waals surface area contributed by atoms with Gasteiger partial charge in [-0.3, -0.25) is 0 Å². The van der Waals surface area contributed by atoms with Crippen LogP contribution in [0.2, 0.25) is 0 Å². The lowest BCUT2D eigenvalue weighted by molar-refractivity contribution is 0.0382. The van der Waals surface area contributed by atoms with E-state index in [1.807, 2.05) is 0 Å². The normalized spacial score (nSPS) is 43.3. The molecule has 0 aromatic rings. The van der Waals surface area contributed by atoms with E-state index in [0.717, 1.165) is 24.7 Å². The maximum Gasteiger partial charge on any atom is 0.0578 e. The molecule has 8 unspecified atom stereocenters. The summed E-state index contributed by atoms with van der Waals surface area (Å²) < 4.78 is 0. The van der Waals surface area contributed by atoms with Gasteiger partial charge in [-0.2, -0.15) is 0 Å². The molecule has 3 fully saturated rings. The molecule has 0 aromatic carbocycles. The smallest absolute Gasteiger partial charge is 0.0578 e. The van der Waals surface area contributed by atoms with Crippen molar-refractivity contribution in [2.45, 2.75) is 99.5 Å². The van der Waals surface area contributed by atoms with E-state index in [1.54, 1.807) is 5.57 Å². The van der Waals surface area contributed by atoms with Gasteiger partial charge in [-0.25, -0.2) is 0 Å². The highest BCUT2D eigenvalue weighted by Gasteiger charge is 2.56. The fourth-order valence-electron chi connectivity index (χ4n) is 7.65. The van der Waals surface area contributed by atoms with Gasteiger partial charge in [-0.15, -0.1) is 0 Å². The van der Waals surface area contributed by atoms with Gasteiger partial charge in [0, 0.05) is 0 Å².